The molecule has 0 unspecified atom stereocenters. The molecule has 0 aromatic carbocycles. The van der Waals surface area contributed by atoms with Gasteiger partial charge in [-0.3, -0.25) is 0 Å². The lowest BCUT2D eigenvalue weighted by Gasteiger charge is -2.19. The van der Waals surface area contributed by atoms with Crippen LogP contribution in [0.4, 0.5) is 11.6 Å². The molecule has 0 aliphatic carbocycles. The largest absolute Gasteiger partial charge is 0.369 e. The van der Waals surface area contributed by atoms with Gasteiger partial charge in [-0.1, -0.05) is 12.1 Å². The van der Waals surface area contributed by atoms with E-state index in [1.54, 1.807) is 46.5 Å². The van der Waals surface area contributed by atoms with Crippen LogP contribution in [0.3, 0.4) is 0 Å². The first-order chi connectivity index (χ1) is 9.27. The van der Waals surface area contributed by atoms with Crippen molar-refractivity contribution in [3.8, 4) is 0 Å². The molecule has 2 atom stereocenters. The highest BCUT2D eigenvalue weighted by Gasteiger charge is 2.39. The predicted octanol–water partition coefficient (Wildman–Crippen LogP) is 0.397. The van der Waals surface area contributed by atoms with Crippen molar-refractivity contribution >= 4 is 11.6 Å². The van der Waals surface area contributed by atoms with Gasteiger partial charge < -0.3 is 20.0 Å². The van der Waals surface area contributed by atoms with Gasteiger partial charge in [0.15, 0.2) is 12.5 Å². The SMILES string of the molecule is O[C@H]1[C@H](O)N(c2ccccn2)CN1c1ccccn1. The van der Waals surface area contributed by atoms with Crippen molar-refractivity contribution in [1.29, 1.82) is 0 Å². The highest BCUT2D eigenvalue weighted by atomic mass is 16.4. The molecule has 0 saturated carbocycles. The Morgan fingerprint density at radius 1 is 0.842 bits per heavy atom. The smallest absolute Gasteiger partial charge is 0.175 e. The van der Waals surface area contributed by atoms with Crippen LogP contribution in [0.25, 0.3) is 0 Å². The lowest BCUT2D eigenvalue weighted by atomic mass is 10.4. The zero-order valence-electron chi connectivity index (χ0n) is 10.2. The van der Waals surface area contributed by atoms with E-state index in [2.05, 4.69) is 9.97 Å². The standard InChI is InChI=1S/C13H14N4O2/c18-12-13(19)17(11-6-2-4-8-15-11)9-16(12)10-5-1-3-7-14-10/h1-8,12-13,18-19H,9H2/t12-,13-/m0/s1. The summed E-state index contributed by atoms with van der Waals surface area (Å²) in [6, 6.07) is 10.9. The number of aromatic nitrogens is 2. The highest BCUT2D eigenvalue weighted by Crippen LogP contribution is 2.26. The Balaban J connectivity index is 1.88. The quantitative estimate of drug-likeness (QED) is 0.812. The summed E-state index contributed by atoms with van der Waals surface area (Å²) in [5.74, 6) is 1.24. The van der Waals surface area contributed by atoms with Crippen LogP contribution in [0.2, 0.25) is 0 Å². The Morgan fingerprint density at radius 3 is 1.68 bits per heavy atom. The second-order valence-corrected chi connectivity index (χ2v) is 4.28. The average Bonchev–Trinajstić information content (AvgIpc) is 2.77. The van der Waals surface area contributed by atoms with Gasteiger partial charge in [-0.15, -0.1) is 0 Å². The van der Waals surface area contributed by atoms with Crippen molar-refractivity contribution in [2.45, 2.75) is 12.5 Å². The fourth-order valence-corrected chi connectivity index (χ4v) is 2.12. The van der Waals surface area contributed by atoms with Crippen LogP contribution in [0.1, 0.15) is 0 Å². The highest BCUT2D eigenvalue weighted by molar-refractivity contribution is 5.49. The number of pyridine rings is 2. The minimum absolute atomic E-state index is 0.330. The molecule has 3 heterocycles. The summed E-state index contributed by atoms with van der Waals surface area (Å²) in [6.45, 7) is 0.330. The Labute approximate surface area is 110 Å². The Kier molecular flexibility index (Phi) is 3.02. The number of aliphatic hydroxyl groups excluding tert-OH is 2. The van der Waals surface area contributed by atoms with Gasteiger partial charge >= 0.3 is 0 Å². The van der Waals surface area contributed by atoms with Gasteiger partial charge in [0.1, 0.15) is 11.6 Å². The Hall–Kier alpha value is -2.18. The second kappa shape index (κ2) is 4.83. The van der Waals surface area contributed by atoms with E-state index in [1.807, 2.05) is 12.1 Å². The van der Waals surface area contributed by atoms with E-state index in [0.717, 1.165) is 0 Å². The molecule has 0 amide bonds. The van der Waals surface area contributed by atoms with E-state index < -0.39 is 12.5 Å². The third kappa shape index (κ3) is 2.11. The molecule has 19 heavy (non-hydrogen) atoms. The Morgan fingerprint density at radius 2 is 1.32 bits per heavy atom. The second-order valence-electron chi connectivity index (χ2n) is 4.28. The minimum Gasteiger partial charge on any atom is -0.369 e. The van der Waals surface area contributed by atoms with Crippen molar-refractivity contribution in [2.24, 2.45) is 0 Å². The summed E-state index contributed by atoms with van der Waals surface area (Å²) in [6.07, 6.45) is 1.24. The van der Waals surface area contributed by atoms with Crippen molar-refractivity contribution in [3.05, 3.63) is 48.8 Å². The number of hydrogen-bond acceptors (Lipinski definition) is 6. The van der Waals surface area contributed by atoms with E-state index in [1.165, 1.54) is 0 Å². The maximum atomic E-state index is 10.1. The lowest BCUT2D eigenvalue weighted by molar-refractivity contribution is 0.0454. The van der Waals surface area contributed by atoms with Crippen LogP contribution in [0.5, 0.6) is 0 Å². The summed E-state index contributed by atoms with van der Waals surface area (Å²) in [7, 11) is 0. The molecule has 1 aliphatic rings. The van der Waals surface area contributed by atoms with Gasteiger partial charge in [-0.05, 0) is 24.3 Å². The van der Waals surface area contributed by atoms with Crippen molar-refractivity contribution in [1.82, 2.24) is 9.97 Å². The van der Waals surface area contributed by atoms with Gasteiger partial charge in [0, 0.05) is 12.4 Å². The molecule has 0 bridgehead atoms. The normalized spacial score (nSPS) is 22.8. The van der Waals surface area contributed by atoms with Crippen molar-refractivity contribution < 1.29 is 10.2 Å². The molecular weight excluding hydrogens is 244 g/mol. The number of anilines is 2. The monoisotopic (exact) mass is 258 g/mol. The average molecular weight is 258 g/mol. The summed E-state index contributed by atoms with van der Waals surface area (Å²) >= 11 is 0. The molecule has 2 aromatic rings. The first kappa shape index (κ1) is 11.9. The fourth-order valence-electron chi connectivity index (χ4n) is 2.12. The molecule has 3 rings (SSSR count). The Bertz CT molecular complexity index is 487. The lowest BCUT2D eigenvalue weighted by Crippen LogP contribution is -2.37. The van der Waals surface area contributed by atoms with Crippen molar-refractivity contribution in [3.63, 3.8) is 0 Å². The molecule has 6 heteroatoms. The minimum atomic E-state index is -1.03. The summed E-state index contributed by atoms with van der Waals surface area (Å²) in [4.78, 5) is 11.6. The molecule has 1 saturated heterocycles. The van der Waals surface area contributed by atoms with Crippen LogP contribution >= 0.6 is 0 Å². The number of hydrogen-bond donors (Lipinski definition) is 2. The molecule has 2 aromatic heterocycles. The van der Waals surface area contributed by atoms with Crippen LogP contribution < -0.4 is 9.80 Å². The topological polar surface area (TPSA) is 72.7 Å². The molecule has 2 N–H and O–H groups in total. The van der Waals surface area contributed by atoms with E-state index in [0.29, 0.717) is 18.3 Å². The number of aliphatic hydroxyl groups is 2. The maximum Gasteiger partial charge on any atom is 0.175 e. The van der Waals surface area contributed by atoms with Gasteiger partial charge in [0.25, 0.3) is 0 Å². The molecule has 0 spiro atoms. The molecule has 6 nitrogen and oxygen atoms in total. The van der Waals surface area contributed by atoms with Gasteiger partial charge in [-0.2, -0.15) is 0 Å². The van der Waals surface area contributed by atoms with Crippen LogP contribution in [0, 0.1) is 0 Å². The van der Waals surface area contributed by atoms with Crippen LogP contribution in [-0.2, 0) is 0 Å². The fraction of sp³-hybridized carbons (Fsp3) is 0.231. The van der Waals surface area contributed by atoms with E-state index in [-0.39, 0.29) is 0 Å². The first-order valence-corrected chi connectivity index (χ1v) is 5.99. The first-order valence-electron chi connectivity index (χ1n) is 5.99. The van der Waals surface area contributed by atoms with Gasteiger partial charge in [0.2, 0.25) is 0 Å². The maximum absolute atomic E-state index is 10.1. The zero-order valence-corrected chi connectivity index (χ0v) is 10.2. The van der Waals surface area contributed by atoms with Gasteiger partial charge in [0.05, 0.1) is 6.67 Å². The molecule has 1 aliphatic heterocycles. The van der Waals surface area contributed by atoms with E-state index in [9.17, 15) is 10.2 Å². The predicted molar refractivity (Wildman–Crippen MR) is 70.3 cm³/mol. The molecule has 0 radical (unpaired) electrons. The third-order valence-electron chi connectivity index (χ3n) is 3.10. The van der Waals surface area contributed by atoms with Crippen molar-refractivity contribution in [2.75, 3.05) is 16.5 Å². The summed E-state index contributed by atoms with van der Waals surface area (Å²) in [5.41, 5.74) is 0. The summed E-state index contributed by atoms with van der Waals surface area (Å²) in [5, 5.41) is 20.2. The van der Waals surface area contributed by atoms with E-state index in [4.69, 9.17) is 0 Å². The van der Waals surface area contributed by atoms with E-state index >= 15 is 0 Å². The van der Waals surface area contributed by atoms with Crippen LogP contribution in [-0.4, -0.2) is 39.3 Å². The molecule has 98 valence electrons. The molecule has 1 fully saturated rings. The third-order valence-corrected chi connectivity index (χ3v) is 3.10. The zero-order chi connectivity index (χ0) is 13.2. The van der Waals surface area contributed by atoms with Gasteiger partial charge in [-0.25, -0.2) is 9.97 Å². The van der Waals surface area contributed by atoms with Crippen LogP contribution in [0.15, 0.2) is 48.8 Å². The number of nitrogens with zero attached hydrogens (tertiary/aromatic N) is 4. The summed E-state index contributed by atoms with van der Waals surface area (Å²) < 4.78 is 0. The molecular formula is C13H14N4O2. The number of rotatable bonds is 2.